The smallest absolute Gasteiger partial charge is 0.227 e. The number of nitrogens with one attached hydrogen (secondary N) is 1. The molecule has 1 aliphatic heterocycles. The van der Waals surface area contributed by atoms with E-state index in [-0.39, 0.29) is 0 Å². The Hall–Kier alpha value is -4.12. The van der Waals surface area contributed by atoms with Crippen molar-refractivity contribution in [1.29, 1.82) is 5.26 Å². The van der Waals surface area contributed by atoms with E-state index in [0.717, 1.165) is 51.6 Å². The van der Waals surface area contributed by atoms with Crippen LogP contribution in [0.2, 0.25) is 0 Å². The van der Waals surface area contributed by atoms with Crippen molar-refractivity contribution in [3.8, 4) is 39.2 Å². The summed E-state index contributed by atoms with van der Waals surface area (Å²) in [6.07, 6.45) is 0.712. The third-order valence-electron chi connectivity index (χ3n) is 6.54. The molecule has 35 heavy (non-hydrogen) atoms. The summed E-state index contributed by atoms with van der Waals surface area (Å²) in [7, 11) is 0. The monoisotopic (exact) mass is 476 g/mol. The summed E-state index contributed by atoms with van der Waals surface area (Å²) < 4.78 is 6.04. The van der Waals surface area contributed by atoms with Crippen LogP contribution in [0, 0.1) is 25.2 Å². The molecule has 170 valence electrons. The first-order valence-electron chi connectivity index (χ1n) is 11.3. The minimum absolute atomic E-state index is 0.297. The lowest BCUT2D eigenvalue weighted by molar-refractivity contribution is 0.112. The van der Waals surface area contributed by atoms with Gasteiger partial charge in [-0.15, -0.1) is 11.3 Å². The Morgan fingerprint density at radius 2 is 1.71 bits per heavy atom. The van der Waals surface area contributed by atoms with Gasteiger partial charge in [-0.05, 0) is 54.3 Å². The average Bonchev–Trinajstić information content (AvgIpc) is 3.59. The number of oxazole rings is 1. The Labute approximate surface area is 205 Å². The maximum atomic E-state index is 11.3. The third-order valence-corrected chi connectivity index (χ3v) is 7.67. The van der Waals surface area contributed by atoms with Gasteiger partial charge in [-0.2, -0.15) is 5.26 Å². The number of rotatable bonds is 4. The highest BCUT2D eigenvalue weighted by Crippen LogP contribution is 2.39. The van der Waals surface area contributed by atoms with E-state index < -0.39 is 0 Å². The summed E-state index contributed by atoms with van der Waals surface area (Å²) in [6, 6.07) is 17.7. The predicted molar refractivity (Wildman–Crippen MR) is 136 cm³/mol. The van der Waals surface area contributed by atoms with E-state index in [4.69, 9.17) is 9.40 Å². The van der Waals surface area contributed by atoms with Crippen LogP contribution in [-0.4, -0.2) is 16.3 Å². The molecular weight excluding hydrogens is 456 g/mol. The summed E-state index contributed by atoms with van der Waals surface area (Å²) in [5.74, 6) is 0.427. The molecule has 0 bridgehead atoms. The Kier molecular flexibility index (Phi) is 5.06. The number of hydrogen-bond acceptors (Lipinski definition) is 7. The highest BCUT2D eigenvalue weighted by Gasteiger charge is 2.21. The van der Waals surface area contributed by atoms with Crippen LogP contribution in [0.25, 0.3) is 44.3 Å². The molecule has 0 unspecified atom stereocenters. The van der Waals surface area contributed by atoms with Gasteiger partial charge in [-0.3, -0.25) is 4.79 Å². The molecular formula is C28H20N4O2S. The van der Waals surface area contributed by atoms with Crippen molar-refractivity contribution < 1.29 is 9.21 Å². The third kappa shape index (κ3) is 3.46. The van der Waals surface area contributed by atoms with Crippen molar-refractivity contribution in [3.63, 3.8) is 0 Å². The highest BCUT2D eigenvalue weighted by molar-refractivity contribution is 7.15. The molecule has 0 saturated heterocycles. The van der Waals surface area contributed by atoms with Crippen LogP contribution in [0.3, 0.4) is 0 Å². The van der Waals surface area contributed by atoms with Crippen molar-refractivity contribution in [3.05, 3.63) is 81.4 Å². The van der Waals surface area contributed by atoms with Gasteiger partial charge in [0.25, 0.3) is 0 Å². The first kappa shape index (κ1) is 21.4. The lowest BCUT2D eigenvalue weighted by Crippen LogP contribution is -2.01. The number of aldehydes is 1. The first-order valence-corrected chi connectivity index (χ1v) is 12.1. The van der Waals surface area contributed by atoms with Crippen molar-refractivity contribution in [2.75, 3.05) is 0 Å². The van der Waals surface area contributed by atoms with Crippen LogP contribution in [0.5, 0.6) is 0 Å². The second kappa shape index (κ2) is 8.27. The summed E-state index contributed by atoms with van der Waals surface area (Å²) in [5.41, 5.74) is 9.15. The second-order valence-corrected chi connectivity index (χ2v) is 9.70. The van der Waals surface area contributed by atoms with Crippen LogP contribution in [0.15, 0.2) is 52.9 Å². The van der Waals surface area contributed by atoms with Crippen LogP contribution in [0.1, 0.15) is 37.6 Å². The van der Waals surface area contributed by atoms with E-state index in [1.54, 1.807) is 17.4 Å². The molecule has 1 N–H and O–H groups in total. The van der Waals surface area contributed by atoms with Gasteiger partial charge in [0.05, 0.1) is 11.3 Å². The fraction of sp³-hybridized carbons (Fsp3) is 0.143. The molecule has 0 amide bonds. The fourth-order valence-corrected chi connectivity index (χ4v) is 5.84. The second-order valence-electron chi connectivity index (χ2n) is 8.61. The van der Waals surface area contributed by atoms with Crippen molar-refractivity contribution in [1.82, 2.24) is 15.3 Å². The zero-order valence-corrected chi connectivity index (χ0v) is 20.0. The van der Waals surface area contributed by atoms with Crippen molar-refractivity contribution in [2.45, 2.75) is 26.9 Å². The van der Waals surface area contributed by atoms with E-state index in [2.05, 4.69) is 54.5 Å². The summed E-state index contributed by atoms with van der Waals surface area (Å²) >= 11 is 1.76. The number of nitriles is 1. The molecule has 0 spiro atoms. The molecule has 5 aromatic rings. The normalized spacial score (nSPS) is 12.6. The van der Waals surface area contributed by atoms with Gasteiger partial charge in [0.15, 0.2) is 5.58 Å². The number of hydrogen-bond donors (Lipinski definition) is 1. The van der Waals surface area contributed by atoms with Gasteiger partial charge in [0, 0.05) is 34.7 Å². The first-order chi connectivity index (χ1) is 17.1. The summed E-state index contributed by atoms with van der Waals surface area (Å²) in [5, 5.41) is 13.9. The van der Waals surface area contributed by atoms with E-state index >= 15 is 0 Å². The molecule has 3 heterocycles. The number of fused-ring (bicyclic) bond motifs is 2. The molecule has 6 nitrogen and oxygen atoms in total. The van der Waals surface area contributed by atoms with Crippen LogP contribution in [-0.2, 0) is 13.1 Å². The zero-order chi connectivity index (χ0) is 24.1. The molecule has 6 rings (SSSR count). The Balaban J connectivity index is 1.47. The Morgan fingerprint density at radius 3 is 2.43 bits per heavy atom. The standard InChI is InChI=1S/C28H20N4O2S/c1-15-19(20-6-4-8-22(16(20)2)28-32-24-12-30-13-25(24)35-28)5-3-7-21(15)27-31-23-10-17(14-33)9-18(11-29)26(23)34-27/h3-10,14,30H,12-13H2,1-2H3. The molecule has 3 aromatic carbocycles. The van der Waals surface area contributed by atoms with Crippen LogP contribution < -0.4 is 5.32 Å². The number of aromatic nitrogens is 2. The molecule has 7 heteroatoms. The topological polar surface area (TPSA) is 91.8 Å². The Bertz CT molecular complexity index is 1670. The van der Waals surface area contributed by atoms with Crippen molar-refractivity contribution >= 4 is 28.7 Å². The fourth-order valence-electron chi connectivity index (χ4n) is 4.71. The molecule has 0 atom stereocenters. The van der Waals surface area contributed by atoms with Gasteiger partial charge < -0.3 is 9.73 Å². The number of thiazole rings is 1. The van der Waals surface area contributed by atoms with Gasteiger partial charge in [-0.25, -0.2) is 9.97 Å². The highest BCUT2D eigenvalue weighted by atomic mass is 32.1. The Morgan fingerprint density at radius 1 is 1.00 bits per heavy atom. The summed E-state index contributed by atoms with van der Waals surface area (Å²) in [6.45, 7) is 5.91. The van der Waals surface area contributed by atoms with E-state index in [9.17, 15) is 10.1 Å². The number of benzene rings is 3. The lowest BCUT2D eigenvalue weighted by Gasteiger charge is -2.14. The maximum Gasteiger partial charge on any atom is 0.227 e. The van der Waals surface area contributed by atoms with Crippen LogP contribution in [0.4, 0.5) is 0 Å². The minimum Gasteiger partial charge on any atom is -0.435 e. The quantitative estimate of drug-likeness (QED) is 0.311. The van der Waals surface area contributed by atoms with Gasteiger partial charge >= 0.3 is 0 Å². The van der Waals surface area contributed by atoms with Gasteiger partial charge in [0.1, 0.15) is 22.9 Å². The van der Waals surface area contributed by atoms with Gasteiger partial charge in [-0.1, -0.05) is 30.3 Å². The zero-order valence-electron chi connectivity index (χ0n) is 19.2. The predicted octanol–water partition coefficient (Wildman–Crippen LogP) is 6.19. The molecule has 1 aliphatic rings. The molecule has 2 aromatic heterocycles. The average molecular weight is 477 g/mol. The molecule has 0 radical (unpaired) electrons. The number of carbonyl (C=O) groups excluding carboxylic acids is 1. The molecule has 0 saturated carbocycles. The van der Waals surface area contributed by atoms with E-state index in [1.807, 2.05) is 12.1 Å². The maximum absolute atomic E-state index is 11.3. The van der Waals surface area contributed by atoms with Gasteiger partial charge in [0.2, 0.25) is 5.89 Å². The molecule has 0 fully saturated rings. The SMILES string of the molecule is Cc1c(-c2nc3cc(C=O)cc(C#N)c3o2)cccc1-c1cccc(-c2nc3c(s2)CNC3)c1C. The number of carbonyl (C=O) groups is 1. The minimum atomic E-state index is 0.297. The van der Waals surface area contributed by atoms with E-state index in [1.165, 1.54) is 16.5 Å². The summed E-state index contributed by atoms with van der Waals surface area (Å²) in [4.78, 5) is 22.1. The van der Waals surface area contributed by atoms with Crippen LogP contribution >= 0.6 is 11.3 Å². The largest absolute Gasteiger partial charge is 0.435 e. The lowest BCUT2D eigenvalue weighted by atomic mass is 9.91. The number of nitrogens with zero attached hydrogens (tertiary/aromatic N) is 3. The van der Waals surface area contributed by atoms with E-state index in [0.29, 0.717) is 34.4 Å². The van der Waals surface area contributed by atoms with Crippen molar-refractivity contribution in [2.24, 2.45) is 0 Å². The molecule has 0 aliphatic carbocycles.